The zero-order valence-electron chi connectivity index (χ0n) is 12.0. The molecule has 1 atom stereocenters. The Bertz CT molecular complexity index is 607. The number of ether oxygens (including phenoxy) is 2. The van der Waals surface area contributed by atoms with Gasteiger partial charge in [0.05, 0.1) is 13.2 Å². The Morgan fingerprint density at radius 2 is 2.35 bits per heavy atom. The number of fused-ring (bicyclic) bond motifs is 1. The summed E-state index contributed by atoms with van der Waals surface area (Å²) in [5, 5.41) is 4.63. The zero-order chi connectivity index (χ0) is 13.9. The Labute approximate surface area is 119 Å². The van der Waals surface area contributed by atoms with Crippen molar-refractivity contribution in [3.05, 3.63) is 30.0 Å². The molecule has 1 aromatic carbocycles. The first-order valence-corrected chi connectivity index (χ1v) is 7.07. The highest BCUT2D eigenvalue weighted by atomic mass is 16.5. The maximum Gasteiger partial charge on any atom is 0.145 e. The lowest BCUT2D eigenvalue weighted by Crippen LogP contribution is -2.19. The summed E-state index contributed by atoms with van der Waals surface area (Å²) in [5.74, 6) is 0.808. The molecule has 20 heavy (non-hydrogen) atoms. The molecule has 0 aliphatic carbocycles. The number of nitrogens with one attached hydrogen (secondary N) is 1. The van der Waals surface area contributed by atoms with E-state index >= 15 is 0 Å². The predicted octanol–water partition coefficient (Wildman–Crippen LogP) is 3.14. The second-order valence-corrected chi connectivity index (χ2v) is 5.19. The van der Waals surface area contributed by atoms with Gasteiger partial charge in [0.1, 0.15) is 11.3 Å². The van der Waals surface area contributed by atoms with E-state index in [0.717, 1.165) is 53.9 Å². The van der Waals surface area contributed by atoms with E-state index in [2.05, 4.69) is 23.3 Å². The van der Waals surface area contributed by atoms with Crippen molar-refractivity contribution in [2.24, 2.45) is 0 Å². The van der Waals surface area contributed by atoms with Crippen molar-refractivity contribution in [2.75, 3.05) is 25.6 Å². The van der Waals surface area contributed by atoms with Gasteiger partial charge < -0.3 is 14.8 Å². The monoisotopic (exact) mass is 272 g/mol. The molecule has 0 spiro atoms. The average Bonchev–Trinajstić information content (AvgIpc) is 2.98. The zero-order valence-corrected chi connectivity index (χ0v) is 12.0. The normalized spacial score (nSPS) is 18.4. The van der Waals surface area contributed by atoms with E-state index in [1.807, 2.05) is 18.3 Å². The molecule has 2 aromatic rings. The van der Waals surface area contributed by atoms with Crippen molar-refractivity contribution in [1.82, 2.24) is 4.98 Å². The maximum absolute atomic E-state index is 5.67. The van der Waals surface area contributed by atoms with Gasteiger partial charge in [0.25, 0.3) is 0 Å². The number of hydrogen-bond donors (Lipinski definition) is 1. The van der Waals surface area contributed by atoms with Gasteiger partial charge in [0, 0.05) is 30.4 Å². The number of aryl methyl sites for hydroxylation is 1. The minimum absolute atomic E-state index is 0.322. The summed E-state index contributed by atoms with van der Waals surface area (Å²) in [7, 11) is 1.68. The molecule has 1 aromatic heterocycles. The van der Waals surface area contributed by atoms with Gasteiger partial charge in [-0.05, 0) is 31.4 Å². The lowest BCUT2D eigenvalue weighted by molar-refractivity contribution is 0.120. The van der Waals surface area contributed by atoms with Crippen molar-refractivity contribution in [1.29, 1.82) is 0 Å². The van der Waals surface area contributed by atoms with Crippen molar-refractivity contribution in [2.45, 2.75) is 25.9 Å². The molecule has 0 saturated carbocycles. The van der Waals surface area contributed by atoms with Gasteiger partial charge in [-0.15, -0.1) is 0 Å². The summed E-state index contributed by atoms with van der Waals surface area (Å²) >= 11 is 0. The first kappa shape index (κ1) is 13.2. The van der Waals surface area contributed by atoms with Gasteiger partial charge >= 0.3 is 0 Å². The van der Waals surface area contributed by atoms with Gasteiger partial charge in [-0.2, -0.15) is 0 Å². The largest absolute Gasteiger partial charge is 0.494 e. The highest BCUT2D eigenvalue weighted by Gasteiger charge is 2.16. The third-order valence-electron chi connectivity index (χ3n) is 3.80. The Balaban J connectivity index is 1.93. The lowest BCUT2D eigenvalue weighted by Gasteiger charge is -2.16. The van der Waals surface area contributed by atoms with Crippen LogP contribution in [0.5, 0.6) is 5.75 Å². The van der Waals surface area contributed by atoms with E-state index in [4.69, 9.17) is 9.47 Å². The van der Waals surface area contributed by atoms with Crippen LogP contribution in [0.4, 0.5) is 5.69 Å². The molecule has 106 valence electrons. The number of aromatic nitrogens is 1. The molecule has 1 aliphatic rings. The summed E-state index contributed by atoms with van der Waals surface area (Å²) in [6, 6.07) is 6.02. The number of pyridine rings is 1. The molecule has 1 saturated heterocycles. The van der Waals surface area contributed by atoms with Crippen LogP contribution in [-0.2, 0) is 4.74 Å². The summed E-state index contributed by atoms with van der Waals surface area (Å²) in [5.41, 5.74) is 3.17. The molecule has 3 rings (SSSR count). The summed E-state index contributed by atoms with van der Waals surface area (Å²) in [4.78, 5) is 4.50. The van der Waals surface area contributed by atoms with E-state index in [-0.39, 0.29) is 0 Å². The second kappa shape index (κ2) is 5.67. The van der Waals surface area contributed by atoms with Gasteiger partial charge in [-0.25, -0.2) is 0 Å². The molecule has 4 nitrogen and oxygen atoms in total. The molecule has 0 amide bonds. The van der Waals surface area contributed by atoms with Crippen LogP contribution in [0.25, 0.3) is 10.9 Å². The van der Waals surface area contributed by atoms with E-state index in [1.54, 1.807) is 7.11 Å². The minimum atomic E-state index is 0.322. The van der Waals surface area contributed by atoms with Crippen LogP contribution in [-0.4, -0.2) is 31.3 Å². The lowest BCUT2D eigenvalue weighted by atomic mass is 10.1. The fourth-order valence-corrected chi connectivity index (χ4v) is 2.72. The third kappa shape index (κ3) is 2.43. The van der Waals surface area contributed by atoms with Gasteiger partial charge in [0.2, 0.25) is 0 Å². The van der Waals surface area contributed by atoms with Crippen LogP contribution in [0, 0.1) is 6.92 Å². The van der Waals surface area contributed by atoms with E-state index in [0.29, 0.717) is 6.10 Å². The number of methoxy groups -OCH3 is 1. The van der Waals surface area contributed by atoms with Crippen LogP contribution in [0.3, 0.4) is 0 Å². The number of nitrogens with zero attached hydrogens (tertiary/aromatic N) is 1. The Morgan fingerprint density at radius 1 is 1.45 bits per heavy atom. The Hall–Kier alpha value is -1.81. The molecule has 1 N–H and O–H groups in total. The van der Waals surface area contributed by atoms with E-state index in [9.17, 15) is 0 Å². The fourth-order valence-electron chi connectivity index (χ4n) is 2.72. The maximum atomic E-state index is 5.67. The first-order valence-electron chi connectivity index (χ1n) is 7.07. The molecular formula is C16H20N2O2. The second-order valence-electron chi connectivity index (χ2n) is 5.19. The molecule has 1 fully saturated rings. The third-order valence-corrected chi connectivity index (χ3v) is 3.80. The number of para-hydroxylation sites is 1. The molecular weight excluding hydrogens is 252 g/mol. The number of benzene rings is 1. The quantitative estimate of drug-likeness (QED) is 0.928. The topological polar surface area (TPSA) is 43.4 Å². The van der Waals surface area contributed by atoms with Gasteiger partial charge in [-0.1, -0.05) is 12.1 Å². The standard InChI is InChI=1S/C16H20N2O2/c1-11-9-17-16-13(6-3-7-14(16)19-2)15(11)18-10-12-5-4-8-20-12/h3,6-7,9,12H,4-5,8,10H2,1-2H3,(H,17,18). The minimum Gasteiger partial charge on any atom is -0.494 e. The highest BCUT2D eigenvalue weighted by Crippen LogP contribution is 2.31. The van der Waals surface area contributed by atoms with Crippen LogP contribution in [0.1, 0.15) is 18.4 Å². The van der Waals surface area contributed by atoms with E-state index < -0.39 is 0 Å². The SMILES string of the molecule is COc1cccc2c(NCC3CCCO3)c(C)cnc12. The van der Waals surface area contributed by atoms with Crippen LogP contribution >= 0.6 is 0 Å². The van der Waals surface area contributed by atoms with Gasteiger partial charge in [0.15, 0.2) is 0 Å². The van der Waals surface area contributed by atoms with Crippen molar-refractivity contribution < 1.29 is 9.47 Å². The molecule has 0 bridgehead atoms. The Kier molecular flexibility index (Phi) is 3.74. The van der Waals surface area contributed by atoms with Crippen LogP contribution in [0.15, 0.2) is 24.4 Å². The summed E-state index contributed by atoms with van der Waals surface area (Å²) in [6.07, 6.45) is 4.51. The smallest absolute Gasteiger partial charge is 0.145 e. The van der Waals surface area contributed by atoms with Crippen molar-refractivity contribution in [3.63, 3.8) is 0 Å². The number of hydrogen-bond acceptors (Lipinski definition) is 4. The molecule has 4 heteroatoms. The number of rotatable bonds is 4. The molecule has 2 heterocycles. The number of anilines is 1. The van der Waals surface area contributed by atoms with Crippen LogP contribution in [0.2, 0.25) is 0 Å². The predicted molar refractivity (Wildman–Crippen MR) is 80.5 cm³/mol. The van der Waals surface area contributed by atoms with Crippen molar-refractivity contribution >= 4 is 16.6 Å². The molecule has 1 aliphatic heterocycles. The van der Waals surface area contributed by atoms with E-state index in [1.165, 1.54) is 0 Å². The van der Waals surface area contributed by atoms with Crippen molar-refractivity contribution in [3.8, 4) is 5.75 Å². The summed E-state index contributed by atoms with van der Waals surface area (Å²) in [6.45, 7) is 3.80. The van der Waals surface area contributed by atoms with Gasteiger partial charge in [-0.3, -0.25) is 4.98 Å². The molecule has 1 unspecified atom stereocenters. The fraction of sp³-hybridized carbons (Fsp3) is 0.438. The summed E-state index contributed by atoms with van der Waals surface area (Å²) < 4.78 is 11.1. The highest BCUT2D eigenvalue weighted by molar-refractivity contribution is 5.96. The Morgan fingerprint density at radius 3 is 3.10 bits per heavy atom. The van der Waals surface area contributed by atoms with Crippen LogP contribution < -0.4 is 10.1 Å². The molecule has 0 radical (unpaired) electrons. The first-order chi connectivity index (χ1) is 9.79. The average molecular weight is 272 g/mol.